The third kappa shape index (κ3) is 1.18. The van der Waals surface area contributed by atoms with Crippen molar-refractivity contribution in [2.75, 3.05) is 0 Å². The van der Waals surface area contributed by atoms with Gasteiger partial charge in [0.25, 0.3) is 0 Å². The summed E-state index contributed by atoms with van der Waals surface area (Å²) in [5.41, 5.74) is 2.60. The second-order valence-electron chi connectivity index (χ2n) is 3.35. The predicted octanol–water partition coefficient (Wildman–Crippen LogP) is 2.24. The zero-order valence-electron chi connectivity index (χ0n) is 7.98. The molecular weight excluding hydrogens is 212 g/mol. The zero-order chi connectivity index (χ0) is 10.4. The van der Waals surface area contributed by atoms with Crippen LogP contribution in [-0.4, -0.2) is 19.6 Å². The first-order chi connectivity index (χ1) is 7.25. The summed E-state index contributed by atoms with van der Waals surface area (Å²) in [5, 5.41) is 5.63. The highest BCUT2D eigenvalue weighted by Crippen LogP contribution is 2.21. The highest BCUT2D eigenvalue weighted by molar-refractivity contribution is 6.34. The lowest BCUT2D eigenvalue weighted by molar-refractivity contribution is 0.954. The number of hydrogen-bond donors (Lipinski definition) is 0. The summed E-state index contributed by atoms with van der Waals surface area (Å²) in [6.07, 6.45) is 3.41. The van der Waals surface area contributed by atoms with Gasteiger partial charge in [0.2, 0.25) is 0 Å². The van der Waals surface area contributed by atoms with Gasteiger partial charge in [0, 0.05) is 18.5 Å². The molecule has 0 saturated carbocycles. The number of pyridine rings is 1. The summed E-state index contributed by atoms with van der Waals surface area (Å²) in [6, 6.07) is 3.77. The molecule has 0 aromatic carbocycles. The van der Waals surface area contributed by atoms with Crippen molar-refractivity contribution in [3.8, 4) is 0 Å². The van der Waals surface area contributed by atoms with E-state index < -0.39 is 0 Å². The molecule has 0 spiro atoms. The molecule has 4 nitrogen and oxygen atoms in total. The maximum absolute atomic E-state index is 6.05. The molecule has 0 atom stereocenters. The first kappa shape index (κ1) is 8.61. The van der Waals surface area contributed by atoms with E-state index >= 15 is 0 Å². The topological polar surface area (TPSA) is 43.1 Å². The van der Waals surface area contributed by atoms with Crippen LogP contribution in [0.15, 0.2) is 24.5 Å². The molecule has 0 radical (unpaired) electrons. The Morgan fingerprint density at radius 2 is 2.27 bits per heavy atom. The fourth-order valence-electron chi connectivity index (χ4n) is 1.63. The normalized spacial score (nSPS) is 11.3. The van der Waals surface area contributed by atoms with Gasteiger partial charge in [-0.1, -0.05) is 11.6 Å². The van der Waals surface area contributed by atoms with E-state index in [0.717, 1.165) is 22.2 Å². The van der Waals surface area contributed by atoms with E-state index in [9.17, 15) is 0 Å². The molecule has 0 amide bonds. The van der Waals surface area contributed by atoms with Gasteiger partial charge in [-0.3, -0.25) is 4.98 Å². The van der Waals surface area contributed by atoms with Crippen molar-refractivity contribution in [2.45, 2.75) is 6.92 Å². The van der Waals surface area contributed by atoms with Gasteiger partial charge < -0.3 is 0 Å². The monoisotopic (exact) mass is 218 g/mol. The van der Waals surface area contributed by atoms with Crippen LogP contribution >= 0.6 is 11.6 Å². The molecule has 3 aromatic rings. The number of nitrogens with zero attached hydrogens (tertiary/aromatic N) is 4. The van der Waals surface area contributed by atoms with Gasteiger partial charge in [-0.25, -0.2) is 9.50 Å². The molecule has 0 N–H and O–H groups in total. The van der Waals surface area contributed by atoms with Crippen molar-refractivity contribution in [1.29, 1.82) is 0 Å². The summed E-state index contributed by atoms with van der Waals surface area (Å²) >= 11 is 6.05. The second kappa shape index (κ2) is 2.90. The SMILES string of the molecule is Cc1cc2nc(Cl)c3cnccc3n2n1. The molecule has 3 rings (SSSR count). The van der Waals surface area contributed by atoms with E-state index in [-0.39, 0.29) is 0 Å². The Kier molecular flexibility index (Phi) is 1.67. The highest BCUT2D eigenvalue weighted by atomic mass is 35.5. The van der Waals surface area contributed by atoms with Gasteiger partial charge >= 0.3 is 0 Å². The standard InChI is InChI=1S/C10H7ClN4/c1-6-4-9-13-10(11)7-5-12-3-2-8(7)15(9)14-6/h2-5H,1H3. The van der Waals surface area contributed by atoms with Crippen LogP contribution in [0.3, 0.4) is 0 Å². The Morgan fingerprint density at radius 3 is 3.13 bits per heavy atom. The molecular formula is C10H7ClN4. The Balaban J connectivity index is 2.62. The van der Waals surface area contributed by atoms with E-state index in [0.29, 0.717) is 5.15 Å². The third-order valence-electron chi connectivity index (χ3n) is 2.27. The quantitative estimate of drug-likeness (QED) is 0.544. The van der Waals surface area contributed by atoms with Crippen molar-refractivity contribution in [3.05, 3.63) is 35.4 Å². The van der Waals surface area contributed by atoms with Gasteiger partial charge in [0.1, 0.15) is 5.15 Å². The molecule has 0 aliphatic heterocycles. The molecule has 0 bridgehead atoms. The van der Waals surface area contributed by atoms with Crippen molar-refractivity contribution in [1.82, 2.24) is 19.6 Å². The van der Waals surface area contributed by atoms with Crippen molar-refractivity contribution < 1.29 is 0 Å². The Hall–Kier alpha value is -1.68. The summed E-state index contributed by atoms with van der Waals surface area (Å²) in [5.74, 6) is 0. The van der Waals surface area contributed by atoms with Crippen LogP contribution in [0.1, 0.15) is 5.69 Å². The average molecular weight is 219 g/mol. The minimum absolute atomic E-state index is 0.463. The molecule has 3 aromatic heterocycles. The van der Waals surface area contributed by atoms with Gasteiger partial charge in [0.05, 0.1) is 16.6 Å². The fraction of sp³-hybridized carbons (Fsp3) is 0.100. The molecule has 0 aliphatic carbocycles. The van der Waals surface area contributed by atoms with Crippen LogP contribution in [0.2, 0.25) is 5.15 Å². The number of aromatic nitrogens is 4. The Morgan fingerprint density at radius 1 is 1.40 bits per heavy atom. The minimum atomic E-state index is 0.463. The van der Waals surface area contributed by atoms with E-state index in [4.69, 9.17) is 11.6 Å². The maximum atomic E-state index is 6.05. The van der Waals surface area contributed by atoms with Crippen molar-refractivity contribution in [3.63, 3.8) is 0 Å². The lowest BCUT2D eigenvalue weighted by atomic mass is 10.3. The number of rotatable bonds is 0. The lowest BCUT2D eigenvalue weighted by Gasteiger charge is -2.01. The van der Waals surface area contributed by atoms with Crippen LogP contribution in [0, 0.1) is 6.92 Å². The van der Waals surface area contributed by atoms with Gasteiger partial charge in [0.15, 0.2) is 5.65 Å². The van der Waals surface area contributed by atoms with Crippen LogP contribution in [-0.2, 0) is 0 Å². The van der Waals surface area contributed by atoms with Gasteiger partial charge in [-0.05, 0) is 13.0 Å². The summed E-state index contributed by atoms with van der Waals surface area (Å²) < 4.78 is 1.78. The van der Waals surface area contributed by atoms with Crippen LogP contribution in [0.5, 0.6) is 0 Å². The van der Waals surface area contributed by atoms with Crippen LogP contribution in [0.25, 0.3) is 16.6 Å². The highest BCUT2D eigenvalue weighted by Gasteiger charge is 2.07. The molecule has 3 heterocycles. The molecule has 15 heavy (non-hydrogen) atoms. The average Bonchev–Trinajstić information content (AvgIpc) is 2.59. The van der Waals surface area contributed by atoms with Crippen molar-refractivity contribution >= 4 is 28.2 Å². The molecule has 0 saturated heterocycles. The van der Waals surface area contributed by atoms with E-state index in [1.807, 2.05) is 19.1 Å². The Labute approximate surface area is 90.5 Å². The minimum Gasteiger partial charge on any atom is -0.264 e. The number of halogens is 1. The first-order valence-corrected chi connectivity index (χ1v) is 4.89. The van der Waals surface area contributed by atoms with Crippen LogP contribution < -0.4 is 0 Å². The van der Waals surface area contributed by atoms with E-state index in [1.165, 1.54) is 0 Å². The lowest BCUT2D eigenvalue weighted by Crippen LogP contribution is -1.94. The zero-order valence-corrected chi connectivity index (χ0v) is 8.73. The first-order valence-electron chi connectivity index (χ1n) is 4.51. The van der Waals surface area contributed by atoms with Crippen LogP contribution in [0.4, 0.5) is 0 Å². The molecule has 0 unspecified atom stereocenters. The van der Waals surface area contributed by atoms with E-state index in [1.54, 1.807) is 16.9 Å². The maximum Gasteiger partial charge on any atom is 0.157 e. The van der Waals surface area contributed by atoms with Gasteiger partial charge in [-0.15, -0.1) is 0 Å². The number of fused-ring (bicyclic) bond motifs is 3. The molecule has 0 fully saturated rings. The number of aryl methyl sites for hydroxylation is 1. The van der Waals surface area contributed by atoms with E-state index in [2.05, 4.69) is 15.1 Å². The smallest absolute Gasteiger partial charge is 0.157 e. The third-order valence-corrected chi connectivity index (χ3v) is 2.56. The molecule has 0 aliphatic rings. The Bertz CT molecular complexity index is 659. The molecule has 74 valence electrons. The second-order valence-corrected chi connectivity index (χ2v) is 3.71. The van der Waals surface area contributed by atoms with Crippen molar-refractivity contribution in [2.24, 2.45) is 0 Å². The number of hydrogen-bond acceptors (Lipinski definition) is 3. The van der Waals surface area contributed by atoms with Gasteiger partial charge in [-0.2, -0.15) is 5.10 Å². The predicted molar refractivity (Wildman–Crippen MR) is 58.0 cm³/mol. The summed E-state index contributed by atoms with van der Waals surface area (Å²) in [4.78, 5) is 8.27. The molecule has 5 heteroatoms. The summed E-state index contributed by atoms with van der Waals surface area (Å²) in [6.45, 7) is 1.93. The largest absolute Gasteiger partial charge is 0.264 e. The fourth-order valence-corrected chi connectivity index (χ4v) is 1.87. The summed E-state index contributed by atoms with van der Waals surface area (Å²) in [7, 11) is 0.